The molecule has 0 atom stereocenters. The first-order valence-electron chi connectivity index (χ1n) is 7.27. The van der Waals surface area contributed by atoms with Crippen LogP contribution in [0.5, 0.6) is 5.75 Å². The van der Waals surface area contributed by atoms with Crippen LogP contribution in [0.3, 0.4) is 0 Å². The Hall–Kier alpha value is -2.64. The molecular weight excluding hydrogens is 363 g/mol. The molecule has 0 aliphatic carbocycles. The second-order valence-corrected chi connectivity index (χ2v) is 6.30. The van der Waals surface area contributed by atoms with Crippen LogP contribution < -0.4 is 15.9 Å². The van der Waals surface area contributed by atoms with Gasteiger partial charge in [0.2, 0.25) is 5.13 Å². The minimum absolute atomic E-state index is 0.103. The zero-order valence-electron chi connectivity index (χ0n) is 12.9. The molecule has 0 aliphatic rings. The van der Waals surface area contributed by atoms with Crippen LogP contribution in [0.15, 0.2) is 52.9 Å². The van der Waals surface area contributed by atoms with Crippen molar-refractivity contribution in [2.75, 3.05) is 11.2 Å². The Labute approximate surface area is 152 Å². The summed E-state index contributed by atoms with van der Waals surface area (Å²) >= 11 is 7.38. The fraction of sp³-hybridized carbons (Fsp3) is 0.0588. The Kier molecular flexibility index (Phi) is 5.47. The van der Waals surface area contributed by atoms with Crippen LogP contribution in [-0.2, 0) is 6.61 Å². The minimum atomic E-state index is -0.310. The maximum absolute atomic E-state index is 13.7. The van der Waals surface area contributed by atoms with Gasteiger partial charge in [0.05, 0.1) is 6.21 Å². The van der Waals surface area contributed by atoms with Crippen molar-refractivity contribution in [2.24, 2.45) is 5.10 Å². The molecule has 0 aliphatic heterocycles. The molecule has 0 spiro atoms. The van der Waals surface area contributed by atoms with E-state index in [0.29, 0.717) is 32.8 Å². The van der Waals surface area contributed by atoms with E-state index >= 15 is 0 Å². The molecule has 0 unspecified atom stereocenters. The van der Waals surface area contributed by atoms with E-state index in [-0.39, 0.29) is 12.4 Å². The molecule has 8 heteroatoms. The summed E-state index contributed by atoms with van der Waals surface area (Å²) in [6.07, 6.45) is 1.56. The molecular formula is C17H14ClFN4OS. The zero-order valence-corrected chi connectivity index (χ0v) is 14.5. The van der Waals surface area contributed by atoms with Gasteiger partial charge in [0.25, 0.3) is 0 Å². The van der Waals surface area contributed by atoms with Gasteiger partial charge in [-0.05, 0) is 24.3 Å². The van der Waals surface area contributed by atoms with Gasteiger partial charge >= 0.3 is 0 Å². The quantitative estimate of drug-likeness (QED) is 0.489. The van der Waals surface area contributed by atoms with Crippen LogP contribution in [0.25, 0.3) is 0 Å². The largest absolute Gasteiger partial charge is 0.488 e. The third kappa shape index (κ3) is 4.68. The van der Waals surface area contributed by atoms with Gasteiger partial charge in [-0.3, -0.25) is 5.43 Å². The van der Waals surface area contributed by atoms with E-state index in [9.17, 15) is 4.39 Å². The smallest absolute Gasteiger partial charge is 0.205 e. The van der Waals surface area contributed by atoms with Crippen LogP contribution in [0.4, 0.5) is 15.3 Å². The summed E-state index contributed by atoms with van der Waals surface area (Å²) in [5, 5.41) is 6.93. The first-order valence-corrected chi connectivity index (χ1v) is 8.53. The van der Waals surface area contributed by atoms with E-state index < -0.39 is 0 Å². The summed E-state index contributed by atoms with van der Waals surface area (Å²) in [6.45, 7) is 0.103. The second-order valence-electron chi connectivity index (χ2n) is 5.01. The number of benzene rings is 2. The number of aromatic nitrogens is 1. The van der Waals surface area contributed by atoms with Crippen LogP contribution >= 0.6 is 22.9 Å². The average molecular weight is 377 g/mol. The van der Waals surface area contributed by atoms with E-state index in [2.05, 4.69) is 15.5 Å². The lowest BCUT2D eigenvalue weighted by molar-refractivity contribution is 0.299. The second kappa shape index (κ2) is 7.96. The molecule has 5 nitrogen and oxygen atoms in total. The molecule has 0 bridgehead atoms. The van der Waals surface area contributed by atoms with Crippen molar-refractivity contribution in [3.63, 3.8) is 0 Å². The zero-order chi connectivity index (χ0) is 17.6. The van der Waals surface area contributed by atoms with Crippen molar-refractivity contribution in [1.82, 2.24) is 4.98 Å². The van der Waals surface area contributed by atoms with Crippen molar-refractivity contribution in [2.45, 2.75) is 6.61 Å². The van der Waals surface area contributed by atoms with Crippen molar-refractivity contribution in [3.8, 4) is 5.75 Å². The summed E-state index contributed by atoms with van der Waals surface area (Å²) in [4.78, 5) is 4.04. The monoisotopic (exact) mass is 376 g/mol. The molecule has 3 rings (SSSR count). The Morgan fingerprint density at radius 1 is 1.32 bits per heavy atom. The van der Waals surface area contributed by atoms with E-state index in [1.54, 1.807) is 48.0 Å². The molecule has 3 N–H and O–H groups in total. The molecule has 0 radical (unpaired) electrons. The molecule has 0 fully saturated rings. The van der Waals surface area contributed by atoms with Crippen LogP contribution in [-0.4, -0.2) is 11.2 Å². The lowest BCUT2D eigenvalue weighted by Crippen LogP contribution is -2.01. The molecule has 0 saturated heterocycles. The Morgan fingerprint density at radius 3 is 2.92 bits per heavy atom. The topological polar surface area (TPSA) is 72.5 Å². The van der Waals surface area contributed by atoms with E-state index in [4.69, 9.17) is 22.1 Å². The van der Waals surface area contributed by atoms with Crippen LogP contribution in [0.1, 0.15) is 11.1 Å². The number of nitrogens with one attached hydrogen (secondary N) is 1. The molecule has 128 valence electrons. The molecule has 3 aromatic rings. The highest BCUT2D eigenvalue weighted by Crippen LogP contribution is 2.23. The fourth-order valence-corrected chi connectivity index (χ4v) is 2.75. The number of rotatable bonds is 6. The van der Waals surface area contributed by atoms with Gasteiger partial charge in [0, 0.05) is 21.5 Å². The average Bonchev–Trinajstić information content (AvgIpc) is 3.01. The van der Waals surface area contributed by atoms with Crippen molar-refractivity contribution in [1.29, 1.82) is 0 Å². The van der Waals surface area contributed by atoms with Gasteiger partial charge in [0.15, 0.2) is 0 Å². The van der Waals surface area contributed by atoms with Crippen molar-refractivity contribution in [3.05, 3.63) is 69.8 Å². The van der Waals surface area contributed by atoms with Crippen molar-refractivity contribution < 1.29 is 9.13 Å². The summed E-state index contributed by atoms with van der Waals surface area (Å²) in [6, 6.07) is 11.6. The number of thiazole rings is 1. The number of ether oxygens (including phenoxy) is 1. The Bertz CT molecular complexity index is 900. The minimum Gasteiger partial charge on any atom is -0.488 e. The van der Waals surface area contributed by atoms with Crippen molar-refractivity contribution >= 4 is 40.1 Å². The Morgan fingerprint density at radius 2 is 2.16 bits per heavy atom. The van der Waals surface area contributed by atoms with Crippen LogP contribution in [0.2, 0.25) is 5.02 Å². The van der Waals surface area contributed by atoms with Gasteiger partial charge in [0.1, 0.15) is 24.0 Å². The molecule has 1 aromatic heterocycles. The maximum Gasteiger partial charge on any atom is 0.205 e. The number of hydrazone groups is 1. The fourth-order valence-electron chi connectivity index (χ4n) is 2.02. The summed E-state index contributed by atoms with van der Waals surface area (Å²) in [5.41, 5.74) is 9.46. The number of hydrogen-bond donors (Lipinski definition) is 2. The first-order chi connectivity index (χ1) is 12.1. The number of nitrogens with two attached hydrogens (primary N) is 1. The third-order valence-corrected chi connectivity index (χ3v) is 4.20. The highest BCUT2D eigenvalue weighted by molar-refractivity contribution is 7.14. The maximum atomic E-state index is 13.7. The lowest BCUT2D eigenvalue weighted by atomic mass is 10.2. The van der Waals surface area contributed by atoms with Gasteiger partial charge < -0.3 is 10.5 Å². The van der Waals surface area contributed by atoms with E-state index in [1.807, 2.05) is 0 Å². The normalized spacial score (nSPS) is 11.0. The van der Waals surface area contributed by atoms with E-state index in [0.717, 1.165) is 0 Å². The SMILES string of the molecule is Nc1csc(NN=Cc2cc(Cl)ccc2OCc2ccccc2F)n1. The van der Waals surface area contributed by atoms with E-state index in [1.165, 1.54) is 17.4 Å². The summed E-state index contributed by atoms with van der Waals surface area (Å²) in [7, 11) is 0. The number of nitrogens with zero attached hydrogens (tertiary/aromatic N) is 2. The number of hydrogen-bond acceptors (Lipinski definition) is 6. The molecule has 1 heterocycles. The Balaban J connectivity index is 1.72. The molecule has 0 saturated carbocycles. The van der Waals surface area contributed by atoms with Crippen LogP contribution in [0, 0.1) is 5.82 Å². The third-order valence-electron chi connectivity index (χ3n) is 3.20. The van der Waals surface area contributed by atoms with Gasteiger partial charge in [-0.2, -0.15) is 5.10 Å². The number of halogens is 2. The number of anilines is 2. The molecule has 2 aromatic carbocycles. The molecule has 0 amide bonds. The molecule has 25 heavy (non-hydrogen) atoms. The standard InChI is InChI=1S/C17H14ClFN4OS/c18-13-5-6-15(24-9-11-3-1-2-4-14(11)19)12(7-13)8-21-23-17-22-16(20)10-25-17/h1-8,10H,9,20H2,(H,22,23). The van der Waals surface area contributed by atoms with Gasteiger partial charge in [-0.15, -0.1) is 11.3 Å². The first kappa shape index (κ1) is 17.2. The summed E-state index contributed by atoms with van der Waals surface area (Å²) in [5.74, 6) is 0.658. The predicted octanol–water partition coefficient (Wildman–Crippen LogP) is 4.54. The predicted molar refractivity (Wildman–Crippen MR) is 99.9 cm³/mol. The lowest BCUT2D eigenvalue weighted by Gasteiger charge is -2.10. The van der Waals surface area contributed by atoms with Gasteiger partial charge in [-0.25, -0.2) is 9.37 Å². The highest BCUT2D eigenvalue weighted by atomic mass is 35.5. The number of nitrogen functional groups attached to an aromatic ring is 1. The summed E-state index contributed by atoms with van der Waals surface area (Å²) < 4.78 is 19.4. The van der Waals surface area contributed by atoms with Gasteiger partial charge in [-0.1, -0.05) is 29.8 Å². The highest BCUT2D eigenvalue weighted by Gasteiger charge is 2.06.